The molecule has 7 heteroatoms. The van der Waals surface area contributed by atoms with Crippen molar-refractivity contribution >= 4 is 10.1 Å². The van der Waals surface area contributed by atoms with Gasteiger partial charge in [0, 0.05) is 5.92 Å². The van der Waals surface area contributed by atoms with Gasteiger partial charge < -0.3 is 0 Å². The van der Waals surface area contributed by atoms with E-state index in [-0.39, 0.29) is 5.82 Å². The SMILES string of the molecule is O=S(=O)(O)C1CCCC1c1ncc(F)cn1. The number of nitrogens with zero attached hydrogens (tertiary/aromatic N) is 2. The molecular formula is C9H11FN2O3S. The van der Waals surface area contributed by atoms with E-state index in [2.05, 4.69) is 9.97 Å². The maximum Gasteiger partial charge on any atom is 0.268 e. The molecule has 1 fully saturated rings. The van der Waals surface area contributed by atoms with E-state index in [1.165, 1.54) is 0 Å². The van der Waals surface area contributed by atoms with Crippen molar-refractivity contribution in [1.82, 2.24) is 9.97 Å². The fraction of sp³-hybridized carbons (Fsp3) is 0.556. The third-order valence-electron chi connectivity index (χ3n) is 2.81. The number of hydrogen-bond donors (Lipinski definition) is 1. The van der Waals surface area contributed by atoms with Gasteiger partial charge in [0.05, 0.1) is 17.6 Å². The summed E-state index contributed by atoms with van der Waals surface area (Å²) in [4.78, 5) is 7.52. The lowest BCUT2D eigenvalue weighted by Gasteiger charge is -2.14. The molecule has 5 nitrogen and oxygen atoms in total. The van der Waals surface area contributed by atoms with Crippen LogP contribution in [-0.4, -0.2) is 28.2 Å². The fourth-order valence-electron chi connectivity index (χ4n) is 2.09. The summed E-state index contributed by atoms with van der Waals surface area (Å²) < 4.78 is 43.9. The van der Waals surface area contributed by atoms with Crippen LogP contribution in [0.25, 0.3) is 0 Å². The fourth-order valence-corrected chi connectivity index (χ4v) is 3.23. The van der Waals surface area contributed by atoms with E-state index >= 15 is 0 Å². The van der Waals surface area contributed by atoms with Crippen molar-refractivity contribution in [3.63, 3.8) is 0 Å². The van der Waals surface area contributed by atoms with Crippen LogP contribution in [0.2, 0.25) is 0 Å². The van der Waals surface area contributed by atoms with E-state index in [0.29, 0.717) is 19.3 Å². The van der Waals surface area contributed by atoms with Gasteiger partial charge in [-0.1, -0.05) is 6.42 Å². The molecule has 2 atom stereocenters. The van der Waals surface area contributed by atoms with Crippen molar-refractivity contribution in [2.45, 2.75) is 30.4 Å². The third kappa shape index (κ3) is 2.19. The highest BCUT2D eigenvalue weighted by atomic mass is 32.2. The lowest BCUT2D eigenvalue weighted by atomic mass is 10.1. The second kappa shape index (κ2) is 4.06. The van der Waals surface area contributed by atoms with Crippen molar-refractivity contribution in [2.75, 3.05) is 0 Å². The van der Waals surface area contributed by atoms with Crippen LogP contribution in [0.3, 0.4) is 0 Å². The smallest absolute Gasteiger partial charge is 0.268 e. The molecule has 1 aromatic heterocycles. The molecule has 1 aliphatic carbocycles. The number of aromatic nitrogens is 2. The predicted octanol–water partition coefficient (Wildman–Crippen LogP) is 1.14. The topological polar surface area (TPSA) is 80.2 Å². The van der Waals surface area contributed by atoms with Crippen LogP contribution >= 0.6 is 0 Å². The standard InChI is InChI=1S/C9H11FN2O3S/c10-6-4-11-9(12-5-6)7-2-1-3-8(7)16(13,14)15/h4-5,7-8H,1-3H2,(H,13,14,15). The van der Waals surface area contributed by atoms with E-state index in [9.17, 15) is 12.8 Å². The Hall–Kier alpha value is -1.08. The van der Waals surface area contributed by atoms with Crippen LogP contribution in [0, 0.1) is 5.82 Å². The zero-order valence-electron chi connectivity index (χ0n) is 8.38. The van der Waals surface area contributed by atoms with Crippen LogP contribution < -0.4 is 0 Å². The Morgan fingerprint density at radius 3 is 2.50 bits per heavy atom. The Morgan fingerprint density at radius 2 is 1.94 bits per heavy atom. The Morgan fingerprint density at radius 1 is 1.31 bits per heavy atom. The summed E-state index contributed by atoms with van der Waals surface area (Å²) in [6.07, 6.45) is 3.68. The van der Waals surface area contributed by atoms with Gasteiger partial charge in [-0.05, 0) is 12.8 Å². The quantitative estimate of drug-likeness (QED) is 0.791. The van der Waals surface area contributed by atoms with Crippen molar-refractivity contribution in [2.24, 2.45) is 0 Å². The molecule has 1 heterocycles. The lowest BCUT2D eigenvalue weighted by molar-refractivity contribution is 0.458. The molecule has 2 unspecified atom stereocenters. The Balaban J connectivity index is 2.30. The van der Waals surface area contributed by atoms with Gasteiger partial charge in [0.1, 0.15) is 5.82 Å². The number of hydrogen-bond acceptors (Lipinski definition) is 4. The molecule has 0 radical (unpaired) electrons. The summed E-state index contributed by atoms with van der Waals surface area (Å²) in [5.41, 5.74) is 0. The average Bonchev–Trinajstić information content (AvgIpc) is 2.66. The summed E-state index contributed by atoms with van der Waals surface area (Å²) in [5.74, 6) is -0.720. The first-order chi connectivity index (χ1) is 7.48. The molecule has 2 rings (SSSR count). The Kier molecular flexibility index (Phi) is 2.90. The maximum atomic E-state index is 12.6. The average molecular weight is 246 g/mol. The largest absolute Gasteiger partial charge is 0.285 e. The highest BCUT2D eigenvalue weighted by Gasteiger charge is 2.38. The van der Waals surface area contributed by atoms with Gasteiger partial charge in [0.25, 0.3) is 10.1 Å². The molecule has 0 spiro atoms. The van der Waals surface area contributed by atoms with Crippen LogP contribution in [0.4, 0.5) is 4.39 Å². The summed E-state index contributed by atoms with van der Waals surface area (Å²) in [6.45, 7) is 0. The summed E-state index contributed by atoms with van der Waals surface area (Å²) in [7, 11) is -4.08. The van der Waals surface area contributed by atoms with E-state index in [4.69, 9.17) is 4.55 Å². The van der Waals surface area contributed by atoms with Gasteiger partial charge in [0.15, 0.2) is 5.82 Å². The van der Waals surface area contributed by atoms with Gasteiger partial charge in [-0.2, -0.15) is 8.42 Å². The van der Waals surface area contributed by atoms with Crippen molar-refractivity contribution in [3.8, 4) is 0 Å². The molecule has 1 N–H and O–H groups in total. The molecule has 0 saturated heterocycles. The number of rotatable bonds is 2. The molecule has 0 bridgehead atoms. The molecule has 1 saturated carbocycles. The summed E-state index contributed by atoms with van der Waals surface area (Å²) in [6, 6.07) is 0. The van der Waals surface area contributed by atoms with E-state index in [1.54, 1.807) is 0 Å². The van der Waals surface area contributed by atoms with Gasteiger partial charge >= 0.3 is 0 Å². The van der Waals surface area contributed by atoms with Crippen LogP contribution in [0.5, 0.6) is 0 Å². The van der Waals surface area contributed by atoms with Crippen molar-refractivity contribution < 1.29 is 17.4 Å². The van der Waals surface area contributed by atoms with E-state index < -0.39 is 27.1 Å². The van der Waals surface area contributed by atoms with Gasteiger partial charge in [-0.15, -0.1) is 0 Å². The van der Waals surface area contributed by atoms with Crippen molar-refractivity contribution in [3.05, 3.63) is 24.0 Å². The summed E-state index contributed by atoms with van der Waals surface area (Å²) in [5, 5.41) is -0.863. The van der Waals surface area contributed by atoms with E-state index in [1.807, 2.05) is 0 Å². The zero-order valence-corrected chi connectivity index (χ0v) is 9.19. The zero-order chi connectivity index (χ0) is 11.8. The minimum Gasteiger partial charge on any atom is -0.285 e. The minimum atomic E-state index is -4.08. The lowest BCUT2D eigenvalue weighted by Crippen LogP contribution is -2.24. The highest BCUT2D eigenvalue weighted by Crippen LogP contribution is 2.36. The normalized spacial score (nSPS) is 25.9. The Labute approximate surface area is 92.5 Å². The predicted molar refractivity (Wildman–Crippen MR) is 53.9 cm³/mol. The molecule has 1 aromatic rings. The molecule has 0 aromatic carbocycles. The molecule has 1 aliphatic rings. The first-order valence-electron chi connectivity index (χ1n) is 4.92. The Bertz CT molecular complexity index is 474. The second-order valence-corrected chi connectivity index (χ2v) is 5.49. The minimum absolute atomic E-state index is 0.279. The van der Waals surface area contributed by atoms with Crippen molar-refractivity contribution in [1.29, 1.82) is 0 Å². The highest BCUT2D eigenvalue weighted by molar-refractivity contribution is 7.86. The van der Waals surface area contributed by atoms with Crippen LogP contribution in [0.15, 0.2) is 12.4 Å². The van der Waals surface area contributed by atoms with Crippen LogP contribution in [0.1, 0.15) is 31.0 Å². The van der Waals surface area contributed by atoms with Crippen LogP contribution in [-0.2, 0) is 10.1 Å². The van der Waals surface area contributed by atoms with Gasteiger partial charge in [-0.25, -0.2) is 14.4 Å². The molecule has 88 valence electrons. The molecular weight excluding hydrogens is 235 g/mol. The summed E-state index contributed by atoms with van der Waals surface area (Å²) >= 11 is 0. The molecule has 0 amide bonds. The monoisotopic (exact) mass is 246 g/mol. The maximum absolute atomic E-state index is 12.6. The molecule has 16 heavy (non-hydrogen) atoms. The first-order valence-corrected chi connectivity index (χ1v) is 6.42. The van der Waals surface area contributed by atoms with Gasteiger partial charge in [-0.3, -0.25) is 4.55 Å². The number of halogens is 1. The third-order valence-corrected chi connectivity index (χ3v) is 4.14. The first kappa shape index (κ1) is 11.4. The molecule has 0 aliphatic heterocycles. The van der Waals surface area contributed by atoms with Gasteiger partial charge in [0.2, 0.25) is 0 Å². The van der Waals surface area contributed by atoms with E-state index in [0.717, 1.165) is 12.4 Å². The second-order valence-electron chi connectivity index (χ2n) is 3.85.